The summed E-state index contributed by atoms with van der Waals surface area (Å²) in [4.78, 5) is 0. The predicted octanol–water partition coefficient (Wildman–Crippen LogP) is 4.65. The molecule has 0 aromatic heterocycles. The number of nitrogens with two attached hydrogens (primary N) is 2. The molecule has 0 atom stereocenters. The van der Waals surface area contributed by atoms with E-state index in [-0.39, 0.29) is 5.92 Å². The van der Waals surface area contributed by atoms with Gasteiger partial charge in [0.25, 0.3) is 0 Å². The Kier molecular flexibility index (Phi) is 4.07. The van der Waals surface area contributed by atoms with E-state index in [2.05, 4.69) is 62.4 Å². The highest BCUT2D eigenvalue weighted by Gasteiger charge is 2.17. The van der Waals surface area contributed by atoms with Crippen LogP contribution in [0.25, 0.3) is 0 Å². The SMILES string of the molecule is Cc1cc(C(c2ccccc2)c2ccc(N)c(C)c2)ccc1N. The molecule has 0 bridgehead atoms. The van der Waals surface area contributed by atoms with Crippen LogP contribution in [0.15, 0.2) is 66.7 Å². The minimum Gasteiger partial charge on any atom is -0.399 e. The molecule has 2 nitrogen and oxygen atoms in total. The second-order valence-corrected chi connectivity index (χ2v) is 6.08. The first kappa shape index (κ1) is 15.2. The average molecular weight is 302 g/mol. The topological polar surface area (TPSA) is 52.0 Å². The Bertz CT molecular complexity index is 771. The predicted molar refractivity (Wildman–Crippen MR) is 98.6 cm³/mol. The lowest BCUT2D eigenvalue weighted by Crippen LogP contribution is -2.05. The van der Waals surface area contributed by atoms with Crippen molar-refractivity contribution >= 4 is 11.4 Å². The molecule has 0 saturated heterocycles. The lowest BCUT2D eigenvalue weighted by Gasteiger charge is -2.20. The van der Waals surface area contributed by atoms with E-state index < -0.39 is 0 Å². The molecular formula is C21H22N2. The van der Waals surface area contributed by atoms with Crippen molar-refractivity contribution in [1.29, 1.82) is 0 Å². The Balaban J connectivity index is 2.17. The number of benzene rings is 3. The van der Waals surface area contributed by atoms with E-state index in [9.17, 15) is 0 Å². The van der Waals surface area contributed by atoms with Crippen molar-refractivity contribution in [3.63, 3.8) is 0 Å². The first-order valence-corrected chi connectivity index (χ1v) is 7.83. The van der Waals surface area contributed by atoms with Gasteiger partial charge in [-0.3, -0.25) is 0 Å². The maximum Gasteiger partial charge on any atom is 0.0343 e. The molecular weight excluding hydrogens is 280 g/mol. The number of hydrogen-bond acceptors (Lipinski definition) is 2. The molecule has 0 aliphatic rings. The third-order valence-corrected chi connectivity index (χ3v) is 4.39. The van der Waals surface area contributed by atoms with Gasteiger partial charge in [0.15, 0.2) is 0 Å². The Hall–Kier alpha value is -2.74. The molecule has 2 heteroatoms. The van der Waals surface area contributed by atoms with Gasteiger partial charge in [0.05, 0.1) is 0 Å². The summed E-state index contributed by atoms with van der Waals surface area (Å²) < 4.78 is 0. The third-order valence-electron chi connectivity index (χ3n) is 4.39. The van der Waals surface area contributed by atoms with Crippen molar-refractivity contribution in [3.8, 4) is 0 Å². The minimum absolute atomic E-state index is 0.176. The molecule has 0 radical (unpaired) electrons. The Morgan fingerprint density at radius 1 is 0.609 bits per heavy atom. The molecule has 23 heavy (non-hydrogen) atoms. The molecule has 0 aliphatic carbocycles. The zero-order valence-electron chi connectivity index (χ0n) is 13.6. The van der Waals surface area contributed by atoms with E-state index in [1.807, 2.05) is 18.2 Å². The Morgan fingerprint density at radius 2 is 1.09 bits per heavy atom. The van der Waals surface area contributed by atoms with Crippen molar-refractivity contribution in [2.45, 2.75) is 19.8 Å². The van der Waals surface area contributed by atoms with Crippen molar-refractivity contribution in [2.24, 2.45) is 0 Å². The Labute approximate surface area is 137 Å². The van der Waals surface area contributed by atoms with Crippen molar-refractivity contribution in [2.75, 3.05) is 11.5 Å². The van der Waals surface area contributed by atoms with Gasteiger partial charge in [0.1, 0.15) is 0 Å². The molecule has 3 aromatic rings. The highest BCUT2D eigenvalue weighted by Crippen LogP contribution is 2.34. The fourth-order valence-corrected chi connectivity index (χ4v) is 2.98. The van der Waals surface area contributed by atoms with E-state index in [4.69, 9.17) is 11.5 Å². The maximum absolute atomic E-state index is 5.99. The van der Waals surface area contributed by atoms with Gasteiger partial charge < -0.3 is 11.5 Å². The molecule has 0 unspecified atom stereocenters. The number of rotatable bonds is 3. The van der Waals surface area contributed by atoms with E-state index in [0.717, 1.165) is 22.5 Å². The van der Waals surface area contributed by atoms with Crippen molar-refractivity contribution in [3.05, 3.63) is 94.5 Å². The van der Waals surface area contributed by atoms with Gasteiger partial charge >= 0.3 is 0 Å². The van der Waals surface area contributed by atoms with Crippen LogP contribution in [0, 0.1) is 13.8 Å². The summed E-state index contributed by atoms with van der Waals surface area (Å²) in [7, 11) is 0. The number of nitrogen functional groups attached to an aromatic ring is 2. The van der Waals surface area contributed by atoms with Crippen LogP contribution in [0.1, 0.15) is 33.7 Å². The summed E-state index contributed by atoms with van der Waals surface area (Å²) in [6, 6.07) is 23.1. The smallest absolute Gasteiger partial charge is 0.0343 e. The van der Waals surface area contributed by atoms with Crippen LogP contribution >= 0.6 is 0 Å². The second-order valence-electron chi connectivity index (χ2n) is 6.08. The number of anilines is 2. The van der Waals surface area contributed by atoms with Gasteiger partial charge in [-0.15, -0.1) is 0 Å². The van der Waals surface area contributed by atoms with Crippen molar-refractivity contribution in [1.82, 2.24) is 0 Å². The molecule has 0 amide bonds. The molecule has 3 rings (SSSR count). The summed E-state index contributed by atoms with van der Waals surface area (Å²) in [5.74, 6) is 0.176. The minimum atomic E-state index is 0.176. The van der Waals surface area contributed by atoms with Gasteiger partial charge in [-0.25, -0.2) is 0 Å². The van der Waals surface area contributed by atoms with Crippen LogP contribution in [0.2, 0.25) is 0 Å². The molecule has 4 N–H and O–H groups in total. The lowest BCUT2D eigenvalue weighted by molar-refractivity contribution is 0.972. The van der Waals surface area contributed by atoms with Gasteiger partial charge in [-0.05, 0) is 53.8 Å². The summed E-state index contributed by atoms with van der Waals surface area (Å²) >= 11 is 0. The molecule has 0 aliphatic heterocycles. The highest BCUT2D eigenvalue weighted by atomic mass is 14.6. The average Bonchev–Trinajstić information content (AvgIpc) is 2.55. The lowest BCUT2D eigenvalue weighted by atomic mass is 9.84. The van der Waals surface area contributed by atoms with Gasteiger partial charge in [-0.2, -0.15) is 0 Å². The van der Waals surface area contributed by atoms with Gasteiger partial charge in [0.2, 0.25) is 0 Å². The van der Waals surface area contributed by atoms with E-state index in [1.54, 1.807) is 0 Å². The monoisotopic (exact) mass is 302 g/mol. The van der Waals surface area contributed by atoms with Gasteiger partial charge in [-0.1, -0.05) is 54.6 Å². The Morgan fingerprint density at radius 3 is 1.52 bits per heavy atom. The highest BCUT2D eigenvalue weighted by molar-refractivity contribution is 5.55. The normalized spacial score (nSPS) is 10.9. The van der Waals surface area contributed by atoms with Crippen LogP contribution in [0.5, 0.6) is 0 Å². The van der Waals surface area contributed by atoms with Gasteiger partial charge in [0, 0.05) is 17.3 Å². The standard InChI is InChI=1S/C21H22N2/c1-14-12-17(8-10-19(14)22)21(16-6-4-3-5-7-16)18-9-11-20(23)15(2)13-18/h3-13,21H,22-23H2,1-2H3. The van der Waals surface area contributed by atoms with E-state index >= 15 is 0 Å². The van der Waals surface area contributed by atoms with E-state index in [1.165, 1.54) is 16.7 Å². The molecule has 0 spiro atoms. The summed E-state index contributed by atoms with van der Waals surface area (Å²) in [6.45, 7) is 4.10. The fourth-order valence-electron chi connectivity index (χ4n) is 2.98. The second kappa shape index (κ2) is 6.17. The summed E-state index contributed by atoms with van der Waals surface area (Å²) in [5, 5.41) is 0. The first-order chi connectivity index (χ1) is 11.1. The third kappa shape index (κ3) is 3.07. The zero-order chi connectivity index (χ0) is 16.4. The molecule has 0 fully saturated rings. The molecule has 0 saturated carbocycles. The number of hydrogen-bond donors (Lipinski definition) is 2. The molecule has 116 valence electrons. The van der Waals surface area contributed by atoms with Crippen molar-refractivity contribution < 1.29 is 0 Å². The quantitative estimate of drug-likeness (QED) is 0.546. The van der Waals surface area contributed by atoms with Crippen LogP contribution in [-0.4, -0.2) is 0 Å². The maximum atomic E-state index is 5.99. The summed E-state index contributed by atoms with van der Waals surface area (Å²) in [6.07, 6.45) is 0. The summed E-state index contributed by atoms with van der Waals surface area (Å²) in [5.41, 5.74) is 19.6. The van der Waals surface area contributed by atoms with Crippen LogP contribution in [-0.2, 0) is 0 Å². The van der Waals surface area contributed by atoms with Crippen LogP contribution < -0.4 is 11.5 Å². The fraction of sp³-hybridized carbons (Fsp3) is 0.143. The molecule has 3 aromatic carbocycles. The number of aryl methyl sites for hydroxylation is 2. The first-order valence-electron chi connectivity index (χ1n) is 7.83. The van der Waals surface area contributed by atoms with E-state index in [0.29, 0.717) is 0 Å². The van der Waals surface area contributed by atoms with Crippen LogP contribution in [0.4, 0.5) is 11.4 Å². The molecule has 0 heterocycles. The van der Waals surface area contributed by atoms with Crippen LogP contribution in [0.3, 0.4) is 0 Å². The zero-order valence-corrected chi connectivity index (χ0v) is 13.6. The largest absolute Gasteiger partial charge is 0.399 e.